The van der Waals surface area contributed by atoms with Crippen LogP contribution in [0.4, 0.5) is 9.80 Å². The van der Waals surface area contributed by atoms with Crippen LogP contribution in [0.3, 0.4) is 0 Å². The summed E-state index contributed by atoms with van der Waals surface area (Å²) in [5.41, 5.74) is 3.36. The van der Waals surface area contributed by atoms with E-state index in [2.05, 4.69) is 29.5 Å². The summed E-state index contributed by atoms with van der Waals surface area (Å²) in [6.07, 6.45) is 5.30. The minimum Gasteiger partial charge on any atom is -0.444 e. The van der Waals surface area contributed by atoms with Crippen molar-refractivity contribution in [3.63, 3.8) is 0 Å². The molecule has 0 aromatic carbocycles. The van der Waals surface area contributed by atoms with Crippen LogP contribution in [0.2, 0.25) is 0 Å². The smallest absolute Gasteiger partial charge is 0.410 e. The molecule has 3 aromatic rings. The Hall–Kier alpha value is -2.82. The Balaban J connectivity index is 1.61. The van der Waals surface area contributed by atoms with Gasteiger partial charge in [-0.2, -0.15) is 0 Å². The average molecular weight is 542 g/mol. The molecule has 2 amide bonds. The van der Waals surface area contributed by atoms with Crippen molar-refractivity contribution >= 4 is 39.7 Å². The number of nitrogens with zero attached hydrogens (tertiary/aromatic N) is 3. The number of nitrogens with one attached hydrogen (secondary N) is 2. The van der Waals surface area contributed by atoms with Crippen molar-refractivity contribution < 1.29 is 14.3 Å². The second kappa shape index (κ2) is 11.7. The molecule has 3 aromatic heterocycles. The van der Waals surface area contributed by atoms with Gasteiger partial charge in [0.15, 0.2) is 0 Å². The lowest BCUT2D eigenvalue weighted by atomic mass is 10.0. The number of hydrogen-bond acceptors (Lipinski definition) is 8. The molecule has 0 fully saturated rings. The van der Waals surface area contributed by atoms with E-state index in [0.29, 0.717) is 38.5 Å². The molecule has 0 radical (unpaired) electrons. The second-order valence-corrected chi connectivity index (χ2v) is 12.2. The highest BCUT2D eigenvalue weighted by molar-refractivity contribution is 7.18. The molecular formula is C27H35N5O3S2. The molecule has 0 aliphatic carbocycles. The van der Waals surface area contributed by atoms with E-state index in [4.69, 9.17) is 9.72 Å². The Morgan fingerprint density at radius 1 is 1.30 bits per heavy atom. The van der Waals surface area contributed by atoms with Gasteiger partial charge in [0.1, 0.15) is 15.6 Å². The van der Waals surface area contributed by atoms with Gasteiger partial charge < -0.3 is 20.3 Å². The zero-order valence-electron chi connectivity index (χ0n) is 22.1. The third kappa shape index (κ3) is 6.94. The number of hydrogen-bond donors (Lipinski definition) is 2. The molecule has 0 spiro atoms. The van der Waals surface area contributed by atoms with Gasteiger partial charge in [-0.1, -0.05) is 6.92 Å². The Morgan fingerprint density at radius 3 is 2.81 bits per heavy atom. The summed E-state index contributed by atoms with van der Waals surface area (Å²) >= 11 is 3.08. The lowest BCUT2D eigenvalue weighted by Crippen LogP contribution is -2.39. The number of amides is 2. The summed E-state index contributed by atoms with van der Waals surface area (Å²) in [6.45, 7) is 11.5. The van der Waals surface area contributed by atoms with Gasteiger partial charge in [-0.15, -0.1) is 22.7 Å². The van der Waals surface area contributed by atoms with Crippen molar-refractivity contribution in [1.82, 2.24) is 20.2 Å². The Kier molecular flexibility index (Phi) is 8.61. The van der Waals surface area contributed by atoms with E-state index in [1.165, 1.54) is 11.3 Å². The Bertz CT molecular complexity index is 1230. The fourth-order valence-corrected chi connectivity index (χ4v) is 6.25. The van der Waals surface area contributed by atoms with Crippen LogP contribution in [0.5, 0.6) is 0 Å². The van der Waals surface area contributed by atoms with Crippen LogP contribution in [-0.4, -0.2) is 51.6 Å². The lowest BCUT2D eigenvalue weighted by Gasteiger charge is -2.30. The molecule has 10 heteroatoms. The van der Waals surface area contributed by atoms with Crippen LogP contribution < -0.4 is 10.6 Å². The molecule has 4 heterocycles. The molecule has 2 N–H and O–H groups in total. The monoisotopic (exact) mass is 541 g/mol. The number of rotatable bonds is 8. The highest BCUT2D eigenvalue weighted by atomic mass is 32.1. The van der Waals surface area contributed by atoms with E-state index < -0.39 is 5.60 Å². The summed E-state index contributed by atoms with van der Waals surface area (Å²) in [5.74, 6) is -0.0383. The number of carbonyl (C=O) groups excluding carboxylic acids is 2. The number of thiophene rings is 1. The normalized spacial score (nSPS) is 14.2. The summed E-state index contributed by atoms with van der Waals surface area (Å²) in [6, 6.07) is 4.25. The maximum absolute atomic E-state index is 12.9. The first-order valence-electron chi connectivity index (χ1n) is 12.7. The maximum Gasteiger partial charge on any atom is 0.410 e. The third-order valence-electron chi connectivity index (χ3n) is 6.09. The predicted octanol–water partition coefficient (Wildman–Crippen LogP) is 5.94. The fraction of sp³-hybridized carbons (Fsp3) is 0.481. The van der Waals surface area contributed by atoms with E-state index in [-0.39, 0.29) is 12.0 Å². The zero-order valence-corrected chi connectivity index (χ0v) is 23.7. The molecule has 198 valence electrons. The van der Waals surface area contributed by atoms with E-state index in [0.717, 1.165) is 43.7 Å². The lowest BCUT2D eigenvalue weighted by molar-refractivity contribution is -0.116. The maximum atomic E-state index is 12.9. The largest absolute Gasteiger partial charge is 0.444 e. The standard InChI is InChI=1S/C27H35N5O3S2/c1-6-17(2)29-12-9-22(33)31-25-23(24-30-20(16-36-24)18-8-7-11-28-14-18)19-10-13-32(15-21(19)37-25)26(34)35-27(3,4)5/h7-8,11,14,16-17,29H,6,9-10,12-13,15H2,1-5H3,(H,31,33)/t17-/m0/s1. The van der Waals surface area contributed by atoms with Gasteiger partial charge in [-0.3, -0.25) is 9.78 Å². The molecule has 1 aliphatic rings. The zero-order chi connectivity index (χ0) is 26.6. The number of ether oxygens (including phenoxy) is 1. The van der Waals surface area contributed by atoms with Gasteiger partial charge in [0.2, 0.25) is 5.91 Å². The van der Waals surface area contributed by atoms with Crippen molar-refractivity contribution in [3.8, 4) is 21.8 Å². The average Bonchev–Trinajstić information content (AvgIpc) is 3.47. The topological polar surface area (TPSA) is 96.5 Å². The molecule has 0 bridgehead atoms. The second-order valence-electron chi connectivity index (χ2n) is 10.2. The van der Waals surface area contributed by atoms with Crippen molar-refractivity contribution in [3.05, 3.63) is 40.3 Å². The first-order valence-corrected chi connectivity index (χ1v) is 14.4. The number of fused-ring (bicyclic) bond motifs is 1. The van der Waals surface area contributed by atoms with E-state index >= 15 is 0 Å². The summed E-state index contributed by atoms with van der Waals surface area (Å²) in [7, 11) is 0. The van der Waals surface area contributed by atoms with Crippen molar-refractivity contribution in [2.24, 2.45) is 0 Å². The summed E-state index contributed by atoms with van der Waals surface area (Å²) in [5, 5.41) is 10.2. The minimum absolute atomic E-state index is 0.0383. The third-order valence-corrected chi connectivity index (χ3v) is 8.09. The molecule has 37 heavy (non-hydrogen) atoms. The van der Waals surface area contributed by atoms with Gasteiger partial charge in [0.05, 0.1) is 12.2 Å². The highest BCUT2D eigenvalue weighted by Gasteiger charge is 2.31. The van der Waals surface area contributed by atoms with Crippen LogP contribution >= 0.6 is 22.7 Å². The summed E-state index contributed by atoms with van der Waals surface area (Å²) < 4.78 is 5.60. The quantitative estimate of drug-likeness (QED) is 0.366. The van der Waals surface area contributed by atoms with Gasteiger partial charge in [-0.25, -0.2) is 9.78 Å². The summed E-state index contributed by atoms with van der Waals surface area (Å²) in [4.78, 5) is 37.5. The van der Waals surface area contributed by atoms with Crippen molar-refractivity contribution in [1.29, 1.82) is 0 Å². The van der Waals surface area contributed by atoms with Gasteiger partial charge in [-0.05, 0) is 58.2 Å². The highest BCUT2D eigenvalue weighted by Crippen LogP contribution is 2.45. The molecule has 8 nitrogen and oxygen atoms in total. The molecule has 4 rings (SSSR count). The van der Waals surface area contributed by atoms with Crippen molar-refractivity contribution in [2.75, 3.05) is 18.4 Å². The van der Waals surface area contributed by atoms with Gasteiger partial charge >= 0.3 is 6.09 Å². The van der Waals surface area contributed by atoms with Gasteiger partial charge in [0, 0.05) is 59.3 Å². The van der Waals surface area contributed by atoms with Gasteiger partial charge in [0.25, 0.3) is 0 Å². The van der Waals surface area contributed by atoms with Crippen LogP contribution in [0, 0.1) is 0 Å². The minimum atomic E-state index is -0.552. The molecule has 1 atom stereocenters. The number of anilines is 1. The predicted molar refractivity (Wildman–Crippen MR) is 150 cm³/mol. The molecule has 0 unspecified atom stereocenters. The number of carbonyl (C=O) groups is 2. The van der Waals surface area contributed by atoms with Crippen LogP contribution in [0.1, 0.15) is 57.9 Å². The fourth-order valence-electron chi connectivity index (χ4n) is 4.00. The van der Waals surface area contributed by atoms with E-state index in [1.54, 1.807) is 28.6 Å². The first-order chi connectivity index (χ1) is 17.6. The number of pyridine rings is 1. The number of thiazole rings is 1. The first kappa shape index (κ1) is 27.2. The van der Waals surface area contributed by atoms with E-state index in [9.17, 15) is 9.59 Å². The van der Waals surface area contributed by atoms with Crippen molar-refractivity contribution in [2.45, 2.75) is 72.1 Å². The molecule has 1 aliphatic heterocycles. The Labute approximate surface area is 226 Å². The molecule has 0 saturated heterocycles. The van der Waals surface area contributed by atoms with Crippen LogP contribution in [0.25, 0.3) is 21.8 Å². The molecular weight excluding hydrogens is 506 g/mol. The van der Waals surface area contributed by atoms with Crippen LogP contribution in [0.15, 0.2) is 29.9 Å². The Morgan fingerprint density at radius 2 is 2.11 bits per heavy atom. The van der Waals surface area contributed by atoms with E-state index in [1.807, 2.05) is 38.3 Å². The van der Waals surface area contributed by atoms with Crippen LogP contribution in [-0.2, 0) is 22.5 Å². The number of aromatic nitrogens is 2. The SMILES string of the molecule is CC[C@H](C)NCCC(=O)Nc1sc2c(c1-c1nc(-c3cccnc3)cs1)CCN(C(=O)OC(C)(C)C)C2. The molecule has 0 saturated carbocycles.